The molecule has 0 saturated carbocycles. The SMILES string of the molecule is CCC(=O)Nc1cncc(-c2cnc3[nH]nc(-c4cc5c(-c6cc(F)cc(CNS(C)(=O)=O)c6)ccnc5[nH]4)c3c2)c1. The van der Waals surface area contributed by atoms with Gasteiger partial charge in [-0.3, -0.25) is 14.9 Å². The number of carbonyl (C=O) groups excluding carboxylic acids is 1. The highest BCUT2D eigenvalue weighted by molar-refractivity contribution is 7.88. The Balaban J connectivity index is 1.39. The molecule has 6 rings (SSSR count). The number of rotatable bonds is 8. The molecular weight excluding hydrogens is 559 g/mol. The third kappa shape index (κ3) is 5.60. The number of aromatic amines is 2. The molecule has 0 saturated heterocycles. The second kappa shape index (κ2) is 10.8. The number of aromatic nitrogens is 6. The maximum atomic E-state index is 14.6. The number of amides is 1. The van der Waals surface area contributed by atoms with Crippen LogP contribution in [0, 0.1) is 5.82 Å². The number of halogens is 1. The molecule has 1 amide bonds. The van der Waals surface area contributed by atoms with Crippen molar-refractivity contribution in [1.29, 1.82) is 0 Å². The lowest BCUT2D eigenvalue weighted by molar-refractivity contribution is -0.115. The minimum atomic E-state index is -3.44. The first kappa shape index (κ1) is 27.2. The van der Waals surface area contributed by atoms with E-state index in [4.69, 9.17) is 0 Å². The zero-order chi connectivity index (χ0) is 29.4. The number of sulfonamides is 1. The fourth-order valence-electron chi connectivity index (χ4n) is 4.71. The lowest BCUT2D eigenvalue weighted by Gasteiger charge is -2.08. The molecule has 0 aliphatic heterocycles. The third-order valence-electron chi connectivity index (χ3n) is 6.69. The Hall–Kier alpha value is -5.01. The second-order valence-electron chi connectivity index (χ2n) is 9.80. The predicted molar refractivity (Wildman–Crippen MR) is 158 cm³/mol. The molecule has 0 aliphatic carbocycles. The Kier molecular flexibility index (Phi) is 6.96. The summed E-state index contributed by atoms with van der Waals surface area (Å²) in [5.74, 6) is -0.588. The monoisotopic (exact) mass is 584 g/mol. The van der Waals surface area contributed by atoms with Crippen LogP contribution in [0.25, 0.3) is 55.7 Å². The van der Waals surface area contributed by atoms with Crippen LogP contribution < -0.4 is 10.0 Å². The Morgan fingerprint density at radius 1 is 0.952 bits per heavy atom. The highest BCUT2D eigenvalue weighted by Crippen LogP contribution is 2.34. The van der Waals surface area contributed by atoms with Crippen molar-refractivity contribution < 1.29 is 17.6 Å². The molecule has 1 aromatic carbocycles. The maximum absolute atomic E-state index is 14.6. The minimum Gasteiger partial charge on any atom is -0.338 e. The number of nitrogens with one attached hydrogen (secondary N) is 4. The van der Waals surface area contributed by atoms with Crippen molar-refractivity contribution in [1.82, 2.24) is 34.9 Å². The number of nitrogens with zero attached hydrogens (tertiary/aromatic N) is 4. The Labute approximate surface area is 239 Å². The van der Waals surface area contributed by atoms with Gasteiger partial charge in [-0.25, -0.2) is 27.5 Å². The van der Waals surface area contributed by atoms with Gasteiger partial charge in [0.2, 0.25) is 15.9 Å². The van der Waals surface area contributed by atoms with Crippen LogP contribution in [0.2, 0.25) is 0 Å². The number of fused-ring (bicyclic) bond motifs is 2. The molecule has 0 unspecified atom stereocenters. The average Bonchev–Trinajstić information content (AvgIpc) is 3.59. The lowest BCUT2D eigenvalue weighted by Crippen LogP contribution is -2.21. The van der Waals surface area contributed by atoms with Gasteiger partial charge in [-0.05, 0) is 59.2 Å². The predicted octanol–water partition coefficient (Wildman–Crippen LogP) is 4.77. The summed E-state index contributed by atoms with van der Waals surface area (Å²) in [6, 6.07) is 11.9. The van der Waals surface area contributed by atoms with Crippen molar-refractivity contribution in [2.24, 2.45) is 0 Å². The van der Waals surface area contributed by atoms with Crippen molar-refractivity contribution >= 4 is 43.7 Å². The second-order valence-corrected chi connectivity index (χ2v) is 11.6. The van der Waals surface area contributed by atoms with E-state index in [2.05, 4.69) is 40.2 Å². The van der Waals surface area contributed by atoms with E-state index in [0.29, 0.717) is 45.9 Å². The van der Waals surface area contributed by atoms with Gasteiger partial charge in [0.15, 0.2) is 5.65 Å². The van der Waals surface area contributed by atoms with Crippen LogP contribution in [0.15, 0.2) is 67.3 Å². The molecule has 4 N–H and O–H groups in total. The molecule has 0 fully saturated rings. The number of benzene rings is 1. The molecule has 11 nitrogen and oxygen atoms in total. The van der Waals surface area contributed by atoms with Gasteiger partial charge in [0, 0.05) is 53.5 Å². The van der Waals surface area contributed by atoms with Gasteiger partial charge in [0.1, 0.15) is 17.2 Å². The summed E-state index contributed by atoms with van der Waals surface area (Å²) in [6.45, 7) is 1.75. The summed E-state index contributed by atoms with van der Waals surface area (Å²) >= 11 is 0. The summed E-state index contributed by atoms with van der Waals surface area (Å²) in [4.78, 5) is 28.4. The smallest absolute Gasteiger partial charge is 0.224 e. The number of pyridine rings is 3. The maximum Gasteiger partial charge on any atom is 0.224 e. The van der Waals surface area contributed by atoms with Crippen molar-refractivity contribution in [3.05, 3.63) is 78.6 Å². The van der Waals surface area contributed by atoms with Gasteiger partial charge in [0.25, 0.3) is 0 Å². The number of H-pyrrole nitrogens is 2. The van der Waals surface area contributed by atoms with E-state index in [0.717, 1.165) is 33.7 Å². The first-order chi connectivity index (χ1) is 20.2. The van der Waals surface area contributed by atoms with E-state index in [1.807, 2.05) is 18.2 Å². The van der Waals surface area contributed by atoms with Crippen LogP contribution in [0.5, 0.6) is 0 Å². The number of hydrogen-bond acceptors (Lipinski definition) is 7. The van der Waals surface area contributed by atoms with E-state index in [9.17, 15) is 17.6 Å². The van der Waals surface area contributed by atoms with Gasteiger partial charge in [0.05, 0.1) is 23.8 Å². The highest BCUT2D eigenvalue weighted by atomic mass is 32.2. The summed E-state index contributed by atoms with van der Waals surface area (Å²) in [5.41, 5.74) is 6.39. The molecule has 0 radical (unpaired) electrons. The molecule has 0 spiro atoms. The standard InChI is InChI=1S/C29H25FN8O3S/c1-3-26(39)35-21-9-18(13-31-15-21)19-10-24-27(37-38-29(24)33-14-19)25-11-23-22(4-5-32-28(23)36-25)17-6-16(7-20(30)8-17)12-34-42(2,40)41/h4-11,13-15,34H,3,12H2,1-2H3,(H,32,36)(H,35,39)(H,33,37,38). The van der Waals surface area contributed by atoms with E-state index < -0.39 is 15.8 Å². The highest BCUT2D eigenvalue weighted by Gasteiger charge is 2.17. The molecular formula is C29H25FN8O3S. The van der Waals surface area contributed by atoms with Crippen molar-refractivity contribution in [2.45, 2.75) is 19.9 Å². The molecule has 5 heterocycles. The van der Waals surface area contributed by atoms with E-state index in [1.165, 1.54) is 12.1 Å². The van der Waals surface area contributed by atoms with Crippen molar-refractivity contribution in [2.75, 3.05) is 11.6 Å². The summed E-state index contributed by atoms with van der Waals surface area (Å²) in [5, 5.41) is 11.8. The average molecular weight is 585 g/mol. The zero-order valence-electron chi connectivity index (χ0n) is 22.6. The van der Waals surface area contributed by atoms with Crippen LogP contribution in [0.1, 0.15) is 18.9 Å². The molecule has 212 valence electrons. The number of hydrogen-bond donors (Lipinski definition) is 4. The Morgan fingerprint density at radius 3 is 2.60 bits per heavy atom. The van der Waals surface area contributed by atoms with Gasteiger partial charge in [-0.2, -0.15) is 5.10 Å². The fourth-order valence-corrected chi connectivity index (χ4v) is 5.14. The molecule has 0 aliphatic rings. The molecule has 0 atom stereocenters. The fraction of sp³-hybridized carbons (Fsp3) is 0.138. The summed E-state index contributed by atoms with van der Waals surface area (Å²) < 4.78 is 40.1. The number of anilines is 1. The first-order valence-corrected chi connectivity index (χ1v) is 14.9. The number of carbonyl (C=O) groups is 1. The lowest BCUT2D eigenvalue weighted by atomic mass is 10.0. The largest absolute Gasteiger partial charge is 0.338 e. The molecule has 0 bridgehead atoms. The van der Waals surface area contributed by atoms with Gasteiger partial charge in [-0.1, -0.05) is 6.92 Å². The van der Waals surface area contributed by atoms with E-state index >= 15 is 0 Å². The van der Waals surface area contributed by atoms with Crippen LogP contribution in [0.4, 0.5) is 10.1 Å². The molecule has 6 aromatic rings. The van der Waals surface area contributed by atoms with Crippen molar-refractivity contribution in [3.8, 4) is 33.6 Å². The van der Waals surface area contributed by atoms with Crippen LogP contribution in [0.3, 0.4) is 0 Å². The minimum absolute atomic E-state index is 0.0335. The summed E-state index contributed by atoms with van der Waals surface area (Å²) in [7, 11) is -3.44. The first-order valence-electron chi connectivity index (χ1n) is 13.0. The summed E-state index contributed by atoms with van der Waals surface area (Å²) in [6.07, 6.45) is 8.03. The van der Waals surface area contributed by atoms with Crippen LogP contribution in [-0.2, 0) is 21.4 Å². The van der Waals surface area contributed by atoms with Gasteiger partial charge >= 0.3 is 0 Å². The van der Waals surface area contributed by atoms with E-state index in [1.54, 1.807) is 43.8 Å². The topological polar surface area (TPSA) is 158 Å². The quantitative estimate of drug-likeness (QED) is 0.201. The van der Waals surface area contributed by atoms with Crippen LogP contribution in [-0.4, -0.2) is 50.7 Å². The Morgan fingerprint density at radius 2 is 1.79 bits per heavy atom. The zero-order valence-corrected chi connectivity index (χ0v) is 23.4. The molecule has 42 heavy (non-hydrogen) atoms. The normalized spacial score (nSPS) is 11.8. The Bertz CT molecular complexity index is 2090. The third-order valence-corrected chi connectivity index (χ3v) is 7.36. The molecule has 5 aromatic heterocycles. The van der Waals surface area contributed by atoms with Gasteiger partial charge in [-0.15, -0.1) is 0 Å². The van der Waals surface area contributed by atoms with E-state index in [-0.39, 0.29) is 12.5 Å². The van der Waals surface area contributed by atoms with Crippen LogP contribution >= 0.6 is 0 Å². The van der Waals surface area contributed by atoms with Gasteiger partial charge < -0.3 is 10.3 Å². The molecule has 13 heteroatoms. The van der Waals surface area contributed by atoms with Crippen molar-refractivity contribution in [3.63, 3.8) is 0 Å².